The lowest BCUT2D eigenvalue weighted by Crippen LogP contribution is -2.50. The molecule has 3 aromatic carbocycles. The maximum absolute atomic E-state index is 13.9. The Morgan fingerprint density at radius 2 is 1.58 bits per heavy atom. The van der Waals surface area contributed by atoms with Gasteiger partial charge in [-0.3, -0.25) is 9.59 Å². The summed E-state index contributed by atoms with van der Waals surface area (Å²) in [6, 6.07) is 22.9. The summed E-state index contributed by atoms with van der Waals surface area (Å²) in [5.74, 6) is 0.220. The van der Waals surface area contributed by atoms with Crippen molar-refractivity contribution in [2.75, 3.05) is 33.4 Å². The molecule has 0 saturated carbocycles. The number of nitrogens with one attached hydrogen (secondary N) is 1. The SMILES string of the molecule is COc1ccc(CN(C(=O)CCc2ccc(S(=O)(=O)N3CCCC3)cc2)C(Cc2ccccc2)C(=O)NCCCO)cc1. The highest BCUT2D eigenvalue weighted by Gasteiger charge is 2.30. The van der Waals surface area contributed by atoms with E-state index in [1.165, 1.54) is 4.31 Å². The molecule has 1 fully saturated rings. The third-order valence-corrected chi connectivity index (χ3v) is 9.58. The molecule has 0 spiro atoms. The number of aliphatic hydroxyl groups excluding tert-OH is 1. The van der Waals surface area contributed by atoms with Gasteiger partial charge in [-0.15, -0.1) is 0 Å². The van der Waals surface area contributed by atoms with Gasteiger partial charge < -0.3 is 20.1 Å². The molecule has 0 aromatic heterocycles. The summed E-state index contributed by atoms with van der Waals surface area (Å²) < 4.78 is 32.6. The second-order valence-electron chi connectivity index (χ2n) is 10.7. The first kappa shape index (κ1) is 32.2. The van der Waals surface area contributed by atoms with Crippen molar-refractivity contribution >= 4 is 21.8 Å². The smallest absolute Gasteiger partial charge is 0.243 e. The van der Waals surface area contributed by atoms with Gasteiger partial charge in [-0.1, -0.05) is 54.6 Å². The summed E-state index contributed by atoms with van der Waals surface area (Å²) in [5, 5.41) is 12.1. The van der Waals surface area contributed by atoms with Gasteiger partial charge in [-0.05, 0) is 66.6 Å². The second kappa shape index (κ2) is 15.7. The number of nitrogens with zero attached hydrogens (tertiary/aromatic N) is 2. The van der Waals surface area contributed by atoms with Crippen LogP contribution in [-0.2, 0) is 39.0 Å². The van der Waals surface area contributed by atoms with E-state index in [1.807, 2.05) is 54.6 Å². The van der Waals surface area contributed by atoms with Crippen LogP contribution in [-0.4, -0.2) is 73.9 Å². The van der Waals surface area contributed by atoms with Crippen LogP contribution in [0.2, 0.25) is 0 Å². The molecule has 1 unspecified atom stereocenters. The van der Waals surface area contributed by atoms with E-state index in [-0.39, 0.29) is 36.3 Å². The van der Waals surface area contributed by atoms with Crippen LogP contribution in [0.1, 0.15) is 42.4 Å². The molecule has 1 saturated heterocycles. The first-order valence-corrected chi connectivity index (χ1v) is 16.2. The average molecular weight is 608 g/mol. The number of aliphatic hydroxyl groups is 1. The minimum absolute atomic E-state index is 0.0454. The number of carbonyl (C=O) groups excluding carboxylic acids is 2. The summed E-state index contributed by atoms with van der Waals surface area (Å²) in [6.45, 7) is 1.57. The zero-order chi connectivity index (χ0) is 30.7. The Labute approximate surface area is 254 Å². The van der Waals surface area contributed by atoms with Gasteiger partial charge >= 0.3 is 0 Å². The zero-order valence-electron chi connectivity index (χ0n) is 24.7. The van der Waals surface area contributed by atoms with Crippen molar-refractivity contribution in [2.24, 2.45) is 0 Å². The van der Waals surface area contributed by atoms with Crippen molar-refractivity contribution in [3.8, 4) is 5.75 Å². The number of aryl methyl sites for hydroxylation is 1. The number of hydrogen-bond acceptors (Lipinski definition) is 6. The second-order valence-corrected chi connectivity index (χ2v) is 12.6. The molecule has 0 bridgehead atoms. The van der Waals surface area contributed by atoms with E-state index in [4.69, 9.17) is 4.74 Å². The quantitative estimate of drug-likeness (QED) is 0.255. The van der Waals surface area contributed by atoms with Crippen LogP contribution < -0.4 is 10.1 Å². The molecule has 43 heavy (non-hydrogen) atoms. The predicted molar refractivity (Wildman–Crippen MR) is 165 cm³/mol. The van der Waals surface area contributed by atoms with Crippen LogP contribution >= 0.6 is 0 Å². The lowest BCUT2D eigenvalue weighted by molar-refractivity contribution is -0.141. The van der Waals surface area contributed by atoms with Crippen LogP contribution in [0.5, 0.6) is 5.75 Å². The Morgan fingerprint density at radius 3 is 2.21 bits per heavy atom. The van der Waals surface area contributed by atoms with E-state index in [1.54, 1.807) is 36.3 Å². The molecule has 0 radical (unpaired) electrons. The van der Waals surface area contributed by atoms with Gasteiger partial charge in [0.05, 0.1) is 12.0 Å². The maximum atomic E-state index is 13.9. The van der Waals surface area contributed by atoms with Crippen LogP contribution in [0.3, 0.4) is 0 Å². The van der Waals surface area contributed by atoms with Crippen molar-refractivity contribution in [3.05, 3.63) is 95.6 Å². The fraction of sp³-hybridized carbons (Fsp3) is 0.394. The third-order valence-electron chi connectivity index (χ3n) is 7.67. The fourth-order valence-corrected chi connectivity index (χ4v) is 6.71. The summed E-state index contributed by atoms with van der Waals surface area (Å²) >= 11 is 0. The summed E-state index contributed by atoms with van der Waals surface area (Å²) in [4.78, 5) is 29.3. The Kier molecular flexibility index (Phi) is 11.7. The van der Waals surface area contributed by atoms with Crippen molar-refractivity contribution in [3.63, 3.8) is 0 Å². The first-order chi connectivity index (χ1) is 20.8. The van der Waals surface area contributed by atoms with Gasteiger partial charge in [0.1, 0.15) is 11.8 Å². The highest BCUT2D eigenvalue weighted by molar-refractivity contribution is 7.89. The molecule has 230 valence electrons. The van der Waals surface area contributed by atoms with Crippen molar-refractivity contribution < 1.29 is 27.9 Å². The third kappa shape index (κ3) is 8.89. The standard InChI is InChI=1S/C33H41N3O6S/c1-42-29-15-10-28(11-16-29)25-36(31(33(39)34-20-7-23-37)24-27-8-3-2-4-9-27)32(38)19-14-26-12-17-30(18-13-26)43(40,41)35-21-5-6-22-35/h2-4,8-13,15-18,31,37H,5-7,14,19-25H2,1H3,(H,34,39). The molecule has 3 aromatic rings. The molecule has 10 heteroatoms. The minimum atomic E-state index is -3.51. The number of ether oxygens (including phenoxy) is 1. The van der Waals surface area contributed by atoms with Gasteiger partial charge in [0.2, 0.25) is 21.8 Å². The summed E-state index contributed by atoms with van der Waals surface area (Å²) in [5.41, 5.74) is 2.61. The van der Waals surface area contributed by atoms with Gasteiger partial charge in [0.15, 0.2) is 0 Å². The molecule has 0 aliphatic carbocycles. The van der Waals surface area contributed by atoms with Gasteiger partial charge in [0.25, 0.3) is 0 Å². The Balaban J connectivity index is 1.54. The lowest BCUT2D eigenvalue weighted by atomic mass is 10.0. The topological polar surface area (TPSA) is 116 Å². The summed E-state index contributed by atoms with van der Waals surface area (Å²) in [6.07, 6.45) is 3.03. The number of rotatable bonds is 15. The zero-order valence-corrected chi connectivity index (χ0v) is 25.5. The van der Waals surface area contributed by atoms with Crippen LogP contribution in [0.15, 0.2) is 83.8 Å². The molecule has 9 nitrogen and oxygen atoms in total. The molecule has 4 rings (SSSR count). The Morgan fingerprint density at radius 1 is 0.930 bits per heavy atom. The van der Waals surface area contributed by atoms with E-state index in [9.17, 15) is 23.1 Å². The minimum Gasteiger partial charge on any atom is -0.497 e. The maximum Gasteiger partial charge on any atom is 0.243 e. The molecule has 2 N–H and O–H groups in total. The van der Waals surface area contributed by atoms with Crippen molar-refractivity contribution in [1.82, 2.24) is 14.5 Å². The number of methoxy groups -OCH3 is 1. The summed E-state index contributed by atoms with van der Waals surface area (Å²) in [7, 11) is -1.92. The number of hydrogen-bond donors (Lipinski definition) is 2. The van der Waals surface area contributed by atoms with E-state index in [0.717, 1.165) is 29.5 Å². The number of sulfonamides is 1. The molecular weight excluding hydrogens is 566 g/mol. The molecule has 1 atom stereocenters. The Hall–Kier alpha value is -3.73. The fourth-order valence-electron chi connectivity index (χ4n) is 5.19. The number of carbonyl (C=O) groups is 2. The Bertz CT molecular complexity index is 1420. The highest BCUT2D eigenvalue weighted by Crippen LogP contribution is 2.22. The predicted octanol–water partition coefficient (Wildman–Crippen LogP) is 3.55. The molecular formula is C33H41N3O6S. The van der Waals surface area contributed by atoms with E-state index < -0.39 is 16.1 Å². The van der Waals surface area contributed by atoms with Crippen LogP contribution in [0.25, 0.3) is 0 Å². The average Bonchev–Trinajstić information content (AvgIpc) is 3.59. The lowest BCUT2D eigenvalue weighted by Gasteiger charge is -2.32. The normalized spacial score (nSPS) is 14.3. The van der Waals surface area contributed by atoms with E-state index >= 15 is 0 Å². The van der Waals surface area contributed by atoms with Crippen LogP contribution in [0, 0.1) is 0 Å². The van der Waals surface area contributed by atoms with E-state index in [0.29, 0.717) is 44.6 Å². The van der Waals surface area contributed by atoms with E-state index in [2.05, 4.69) is 5.32 Å². The molecule has 1 aliphatic heterocycles. The molecule has 2 amide bonds. The molecule has 1 aliphatic rings. The monoisotopic (exact) mass is 607 g/mol. The van der Waals surface area contributed by atoms with Gasteiger partial charge in [0, 0.05) is 45.6 Å². The van der Waals surface area contributed by atoms with Crippen LogP contribution in [0.4, 0.5) is 0 Å². The number of benzene rings is 3. The van der Waals surface area contributed by atoms with Crippen molar-refractivity contribution in [2.45, 2.75) is 56.0 Å². The first-order valence-electron chi connectivity index (χ1n) is 14.8. The number of amides is 2. The van der Waals surface area contributed by atoms with Gasteiger partial charge in [-0.25, -0.2) is 8.42 Å². The van der Waals surface area contributed by atoms with Gasteiger partial charge in [-0.2, -0.15) is 4.31 Å². The largest absolute Gasteiger partial charge is 0.497 e. The highest BCUT2D eigenvalue weighted by atomic mass is 32.2. The van der Waals surface area contributed by atoms with Crippen molar-refractivity contribution in [1.29, 1.82) is 0 Å². The molecule has 1 heterocycles.